The lowest BCUT2D eigenvalue weighted by atomic mass is 10.1. The quantitative estimate of drug-likeness (QED) is 0.551. The molecule has 1 fully saturated rings. The van der Waals surface area contributed by atoms with Gasteiger partial charge < -0.3 is 21.1 Å². The van der Waals surface area contributed by atoms with Crippen LogP contribution in [0.5, 0.6) is 5.75 Å². The van der Waals surface area contributed by atoms with E-state index < -0.39 is 0 Å². The summed E-state index contributed by atoms with van der Waals surface area (Å²) in [7, 11) is 0. The molecule has 0 bridgehead atoms. The molecule has 1 aromatic rings. The summed E-state index contributed by atoms with van der Waals surface area (Å²) in [4.78, 5) is 13.7. The highest BCUT2D eigenvalue weighted by Crippen LogP contribution is 2.19. The Hall–Kier alpha value is -1.91. The van der Waals surface area contributed by atoms with Crippen molar-refractivity contribution in [3.63, 3.8) is 0 Å². The number of anilines is 1. The van der Waals surface area contributed by atoms with E-state index in [2.05, 4.69) is 5.32 Å². The SMILES string of the molecule is Nc1ccc(O)c(CNC(=O)N2CCCCC2)c1. The van der Waals surface area contributed by atoms with Gasteiger partial charge in [-0.3, -0.25) is 0 Å². The number of carbonyl (C=O) groups excluding carboxylic acids is 1. The van der Waals surface area contributed by atoms with Crippen molar-refractivity contribution in [1.82, 2.24) is 10.2 Å². The molecule has 1 aliphatic rings. The van der Waals surface area contributed by atoms with E-state index in [0.717, 1.165) is 25.9 Å². The number of phenolic OH excluding ortho intramolecular Hbond substituents is 1. The Morgan fingerprint density at radius 2 is 2.06 bits per heavy atom. The topological polar surface area (TPSA) is 78.6 Å². The fraction of sp³-hybridized carbons (Fsp3) is 0.462. The number of hydrogen-bond acceptors (Lipinski definition) is 3. The van der Waals surface area contributed by atoms with Crippen LogP contribution in [0.3, 0.4) is 0 Å². The highest BCUT2D eigenvalue weighted by Gasteiger charge is 2.16. The maximum absolute atomic E-state index is 11.9. The van der Waals surface area contributed by atoms with Crippen molar-refractivity contribution >= 4 is 11.7 Å². The van der Waals surface area contributed by atoms with Gasteiger partial charge in [0.25, 0.3) is 0 Å². The first-order chi connectivity index (χ1) is 8.66. The van der Waals surface area contributed by atoms with Gasteiger partial charge in [-0.05, 0) is 37.5 Å². The van der Waals surface area contributed by atoms with Crippen LogP contribution in [0.15, 0.2) is 18.2 Å². The summed E-state index contributed by atoms with van der Waals surface area (Å²) in [6.45, 7) is 1.93. The van der Waals surface area contributed by atoms with Gasteiger partial charge in [0, 0.05) is 30.9 Å². The van der Waals surface area contributed by atoms with Crippen LogP contribution in [0.4, 0.5) is 10.5 Å². The Morgan fingerprint density at radius 3 is 2.78 bits per heavy atom. The average molecular weight is 249 g/mol. The molecule has 0 spiro atoms. The number of amides is 2. The lowest BCUT2D eigenvalue weighted by Gasteiger charge is -2.26. The molecule has 0 aliphatic carbocycles. The van der Waals surface area contributed by atoms with E-state index in [1.54, 1.807) is 12.1 Å². The summed E-state index contributed by atoms with van der Waals surface area (Å²) in [5.41, 5.74) is 6.86. The van der Waals surface area contributed by atoms with Crippen LogP contribution in [0, 0.1) is 0 Å². The summed E-state index contributed by atoms with van der Waals surface area (Å²) >= 11 is 0. The minimum Gasteiger partial charge on any atom is -0.508 e. The summed E-state index contributed by atoms with van der Waals surface area (Å²) in [6.07, 6.45) is 3.33. The van der Waals surface area contributed by atoms with Crippen LogP contribution in [-0.2, 0) is 6.54 Å². The number of aromatic hydroxyl groups is 1. The van der Waals surface area contributed by atoms with E-state index in [9.17, 15) is 9.90 Å². The molecule has 1 heterocycles. The molecule has 5 nitrogen and oxygen atoms in total. The zero-order valence-corrected chi connectivity index (χ0v) is 10.4. The number of nitrogens with zero attached hydrogens (tertiary/aromatic N) is 1. The number of nitrogen functional groups attached to an aromatic ring is 1. The monoisotopic (exact) mass is 249 g/mol. The molecule has 4 N–H and O–H groups in total. The zero-order chi connectivity index (χ0) is 13.0. The van der Waals surface area contributed by atoms with Gasteiger partial charge >= 0.3 is 6.03 Å². The number of carbonyl (C=O) groups is 1. The molecular weight excluding hydrogens is 230 g/mol. The number of phenols is 1. The molecule has 18 heavy (non-hydrogen) atoms. The third-order valence-corrected chi connectivity index (χ3v) is 3.18. The molecule has 1 aliphatic heterocycles. The van der Waals surface area contributed by atoms with E-state index in [1.807, 2.05) is 4.90 Å². The Kier molecular flexibility index (Phi) is 3.92. The molecule has 0 radical (unpaired) electrons. The van der Waals surface area contributed by atoms with Gasteiger partial charge in [-0.15, -0.1) is 0 Å². The van der Waals surface area contributed by atoms with Crippen LogP contribution in [0.1, 0.15) is 24.8 Å². The van der Waals surface area contributed by atoms with E-state index in [1.165, 1.54) is 12.5 Å². The van der Waals surface area contributed by atoms with Crippen LogP contribution < -0.4 is 11.1 Å². The first-order valence-corrected chi connectivity index (χ1v) is 6.27. The van der Waals surface area contributed by atoms with Gasteiger partial charge in [0.05, 0.1) is 0 Å². The number of hydrogen-bond donors (Lipinski definition) is 3. The molecule has 0 unspecified atom stereocenters. The number of benzene rings is 1. The van der Waals surface area contributed by atoms with Gasteiger partial charge in [0.2, 0.25) is 0 Å². The summed E-state index contributed by atoms with van der Waals surface area (Å²) in [5.74, 6) is 0.156. The number of nitrogens with two attached hydrogens (primary N) is 1. The molecule has 0 atom stereocenters. The first kappa shape index (κ1) is 12.5. The van der Waals surface area contributed by atoms with Crippen molar-refractivity contribution in [3.05, 3.63) is 23.8 Å². The summed E-state index contributed by atoms with van der Waals surface area (Å²) < 4.78 is 0. The number of urea groups is 1. The van der Waals surface area contributed by atoms with Gasteiger partial charge in [0.1, 0.15) is 5.75 Å². The maximum Gasteiger partial charge on any atom is 0.317 e. The van der Waals surface area contributed by atoms with Crippen LogP contribution >= 0.6 is 0 Å². The molecule has 0 saturated carbocycles. The third kappa shape index (κ3) is 3.06. The molecule has 0 aromatic heterocycles. The summed E-state index contributed by atoms with van der Waals surface area (Å²) in [5, 5.41) is 12.4. The van der Waals surface area contributed by atoms with Crippen molar-refractivity contribution in [3.8, 4) is 5.75 Å². The van der Waals surface area contributed by atoms with Crippen molar-refractivity contribution in [2.75, 3.05) is 18.8 Å². The van der Waals surface area contributed by atoms with E-state index >= 15 is 0 Å². The third-order valence-electron chi connectivity index (χ3n) is 3.18. The van der Waals surface area contributed by atoms with E-state index in [4.69, 9.17) is 5.73 Å². The van der Waals surface area contributed by atoms with Gasteiger partial charge in [0.15, 0.2) is 0 Å². The second kappa shape index (κ2) is 5.62. The second-order valence-electron chi connectivity index (χ2n) is 4.59. The summed E-state index contributed by atoms with van der Waals surface area (Å²) in [6, 6.07) is 4.77. The van der Waals surface area contributed by atoms with Crippen LogP contribution in [-0.4, -0.2) is 29.1 Å². The molecule has 1 saturated heterocycles. The second-order valence-corrected chi connectivity index (χ2v) is 4.59. The average Bonchev–Trinajstić information content (AvgIpc) is 2.40. The van der Waals surface area contributed by atoms with Gasteiger partial charge in [-0.2, -0.15) is 0 Å². The largest absolute Gasteiger partial charge is 0.508 e. The maximum atomic E-state index is 11.9. The fourth-order valence-electron chi connectivity index (χ4n) is 2.13. The molecule has 2 rings (SSSR count). The Balaban J connectivity index is 1.90. The minimum absolute atomic E-state index is 0.0727. The van der Waals surface area contributed by atoms with Crippen LogP contribution in [0.2, 0.25) is 0 Å². The van der Waals surface area contributed by atoms with E-state index in [-0.39, 0.29) is 11.8 Å². The van der Waals surface area contributed by atoms with Crippen molar-refractivity contribution in [1.29, 1.82) is 0 Å². The molecule has 5 heteroatoms. The Morgan fingerprint density at radius 1 is 1.33 bits per heavy atom. The number of piperidine rings is 1. The molecule has 1 aromatic carbocycles. The minimum atomic E-state index is -0.0727. The lowest BCUT2D eigenvalue weighted by molar-refractivity contribution is 0.186. The van der Waals surface area contributed by atoms with Crippen molar-refractivity contribution < 1.29 is 9.90 Å². The highest BCUT2D eigenvalue weighted by molar-refractivity contribution is 5.74. The lowest BCUT2D eigenvalue weighted by Crippen LogP contribution is -2.42. The molecular formula is C13H19N3O2. The molecule has 2 amide bonds. The first-order valence-electron chi connectivity index (χ1n) is 6.27. The highest BCUT2D eigenvalue weighted by atomic mass is 16.3. The number of nitrogens with one attached hydrogen (secondary N) is 1. The predicted octanol–water partition coefficient (Wildman–Crippen LogP) is 1.67. The van der Waals surface area contributed by atoms with Gasteiger partial charge in [-0.1, -0.05) is 0 Å². The zero-order valence-electron chi connectivity index (χ0n) is 10.4. The predicted molar refractivity (Wildman–Crippen MR) is 70.2 cm³/mol. The normalized spacial score (nSPS) is 15.4. The van der Waals surface area contributed by atoms with Crippen molar-refractivity contribution in [2.45, 2.75) is 25.8 Å². The number of rotatable bonds is 2. The molecule has 98 valence electrons. The Bertz CT molecular complexity index is 428. The number of likely N-dealkylation sites (tertiary alicyclic amines) is 1. The standard InChI is InChI=1S/C13H19N3O2/c14-11-4-5-12(17)10(8-11)9-15-13(18)16-6-2-1-3-7-16/h4-5,8,17H,1-3,6-7,9,14H2,(H,15,18). The Labute approximate surface area is 107 Å². The van der Waals surface area contributed by atoms with E-state index in [0.29, 0.717) is 17.8 Å². The smallest absolute Gasteiger partial charge is 0.317 e. The van der Waals surface area contributed by atoms with Crippen LogP contribution in [0.25, 0.3) is 0 Å². The van der Waals surface area contributed by atoms with Crippen molar-refractivity contribution in [2.24, 2.45) is 0 Å². The fourth-order valence-corrected chi connectivity index (χ4v) is 2.13. The van der Waals surface area contributed by atoms with Gasteiger partial charge in [-0.25, -0.2) is 4.79 Å².